The van der Waals surface area contributed by atoms with Crippen LogP contribution < -0.4 is 15.4 Å². The maximum Gasteiger partial charge on any atom is 0.321 e. The third-order valence-corrected chi connectivity index (χ3v) is 5.26. The topological polar surface area (TPSA) is 70.7 Å². The molecule has 7 heteroatoms. The van der Waals surface area contributed by atoms with Gasteiger partial charge in [-0.1, -0.05) is 17.7 Å². The van der Waals surface area contributed by atoms with Crippen molar-refractivity contribution in [1.82, 2.24) is 10.2 Å². The largest absolute Gasteiger partial charge is 0.484 e. The third kappa shape index (κ3) is 6.76. The number of nitrogens with one attached hydrogen (secondary N) is 2. The molecule has 160 valence electrons. The summed E-state index contributed by atoms with van der Waals surface area (Å²) in [4.78, 5) is 26.0. The van der Waals surface area contributed by atoms with Gasteiger partial charge in [0.2, 0.25) is 0 Å². The number of benzene rings is 2. The molecule has 0 bridgehead atoms. The Labute approximate surface area is 176 Å². The molecule has 2 aromatic carbocycles. The van der Waals surface area contributed by atoms with Crippen molar-refractivity contribution in [3.63, 3.8) is 0 Å². The Bertz CT molecular complexity index is 832. The van der Waals surface area contributed by atoms with E-state index in [0.717, 1.165) is 24.8 Å². The van der Waals surface area contributed by atoms with Gasteiger partial charge < -0.3 is 20.3 Å². The first-order chi connectivity index (χ1) is 14.5. The van der Waals surface area contributed by atoms with Crippen molar-refractivity contribution in [2.75, 3.05) is 31.6 Å². The molecule has 0 atom stereocenters. The number of likely N-dealkylation sites (tertiary alicyclic amines) is 1. The molecule has 2 N–H and O–H groups in total. The van der Waals surface area contributed by atoms with Crippen LogP contribution in [0.5, 0.6) is 5.75 Å². The lowest BCUT2D eigenvalue weighted by Crippen LogP contribution is -2.41. The fourth-order valence-electron chi connectivity index (χ4n) is 3.41. The van der Waals surface area contributed by atoms with Gasteiger partial charge in [0, 0.05) is 25.3 Å². The molecular weight excluding hydrogens is 385 g/mol. The number of halogens is 1. The second-order valence-electron chi connectivity index (χ2n) is 7.61. The number of amides is 3. The van der Waals surface area contributed by atoms with Gasteiger partial charge in [0.15, 0.2) is 6.61 Å². The maximum atomic E-state index is 13.0. The zero-order chi connectivity index (χ0) is 21.3. The van der Waals surface area contributed by atoms with E-state index >= 15 is 0 Å². The number of anilines is 1. The Morgan fingerprint density at radius 3 is 2.40 bits per heavy atom. The molecule has 1 heterocycles. The Morgan fingerprint density at radius 2 is 1.73 bits per heavy atom. The minimum absolute atomic E-state index is 0.00502. The first kappa shape index (κ1) is 21.6. The fraction of sp³-hybridized carbons (Fsp3) is 0.391. The molecule has 0 spiro atoms. The predicted molar refractivity (Wildman–Crippen MR) is 114 cm³/mol. The van der Waals surface area contributed by atoms with Crippen LogP contribution in [0, 0.1) is 18.7 Å². The number of nitrogens with zero attached hydrogens (tertiary/aromatic N) is 1. The average Bonchev–Trinajstić information content (AvgIpc) is 2.75. The van der Waals surface area contributed by atoms with E-state index < -0.39 is 0 Å². The van der Waals surface area contributed by atoms with Crippen molar-refractivity contribution in [3.8, 4) is 5.75 Å². The van der Waals surface area contributed by atoms with E-state index in [2.05, 4.69) is 10.6 Å². The number of aryl methyl sites for hydroxylation is 1. The highest BCUT2D eigenvalue weighted by atomic mass is 19.1. The molecule has 0 radical (unpaired) electrons. The van der Waals surface area contributed by atoms with Crippen molar-refractivity contribution >= 4 is 17.6 Å². The summed E-state index contributed by atoms with van der Waals surface area (Å²) >= 11 is 0. The van der Waals surface area contributed by atoms with E-state index in [1.807, 2.05) is 31.2 Å². The average molecular weight is 413 g/mol. The molecular formula is C23H28FN3O3. The Morgan fingerprint density at radius 1 is 1.07 bits per heavy atom. The Hall–Kier alpha value is -3.09. The van der Waals surface area contributed by atoms with Crippen molar-refractivity contribution in [2.45, 2.75) is 26.2 Å². The molecule has 30 heavy (non-hydrogen) atoms. The van der Waals surface area contributed by atoms with Gasteiger partial charge in [-0.2, -0.15) is 0 Å². The number of carbonyl (C=O) groups is 2. The van der Waals surface area contributed by atoms with Crippen LogP contribution in [0.2, 0.25) is 0 Å². The lowest BCUT2D eigenvalue weighted by Gasteiger charge is -2.32. The first-order valence-corrected chi connectivity index (χ1v) is 10.3. The van der Waals surface area contributed by atoms with E-state index in [-0.39, 0.29) is 24.4 Å². The summed E-state index contributed by atoms with van der Waals surface area (Å²) in [6.07, 6.45) is 2.67. The number of carbonyl (C=O) groups excluding carboxylic acids is 2. The third-order valence-electron chi connectivity index (χ3n) is 5.26. The molecule has 6 nitrogen and oxygen atoms in total. The standard InChI is InChI=1S/C23H28FN3O3/c1-17-2-8-21(9-3-17)30-16-22(28)25-13-10-18-11-14-27(15-12-18)23(29)26-20-6-4-19(24)5-7-20/h2-9,18H,10-16H2,1H3,(H,25,28)(H,26,29). The van der Waals surface area contributed by atoms with Crippen molar-refractivity contribution in [3.05, 3.63) is 59.9 Å². The molecule has 0 aromatic heterocycles. The molecule has 1 aliphatic heterocycles. The smallest absolute Gasteiger partial charge is 0.321 e. The molecule has 1 fully saturated rings. The summed E-state index contributed by atoms with van der Waals surface area (Å²) in [5.74, 6) is 0.689. The summed E-state index contributed by atoms with van der Waals surface area (Å²) in [5, 5.41) is 5.69. The van der Waals surface area contributed by atoms with Crippen LogP contribution in [-0.2, 0) is 4.79 Å². The van der Waals surface area contributed by atoms with E-state index in [4.69, 9.17) is 4.74 Å². The van der Waals surface area contributed by atoms with Gasteiger partial charge in [-0.3, -0.25) is 4.79 Å². The van der Waals surface area contributed by atoms with Gasteiger partial charge in [0.1, 0.15) is 11.6 Å². The highest BCUT2D eigenvalue weighted by Gasteiger charge is 2.22. The van der Waals surface area contributed by atoms with Crippen LogP contribution in [0.1, 0.15) is 24.8 Å². The van der Waals surface area contributed by atoms with E-state index in [9.17, 15) is 14.0 Å². The quantitative estimate of drug-likeness (QED) is 0.722. The zero-order valence-corrected chi connectivity index (χ0v) is 17.2. The number of hydrogen-bond donors (Lipinski definition) is 2. The lowest BCUT2D eigenvalue weighted by molar-refractivity contribution is -0.123. The summed E-state index contributed by atoms with van der Waals surface area (Å²) in [7, 11) is 0. The summed E-state index contributed by atoms with van der Waals surface area (Å²) < 4.78 is 18.4. The van der Waals surface area contributed by atoms with Crippen molar-refractivity contribution in [2.24, 2.45) is 5.92 Å². The molecule has 1 aliphatic rings. The normalized spacial score (nSPS) is 14.3. The second-order valence-corrected chi connectivity index (χ2v) is 7.61. The fourth-order valence-corrected chi connectivity index (χ4v) is 3.41. The second kappa shape index (κ2) is 10.6. The van der Waals surface area contributed by atoms with Gasteiger partial charge in [0.25, 0.3) is 5.91 Å². The Kier molecular flexibility index (Phi) is 7.65. The van der Waals surface area contributed by atoms with E-state index in [0.29, 0.717) is 37.0 Å². The Balaban J connectivity index is 1.29. The molecule has 3 rings (SSSR count). The molecule has 2 aromatic rings. The minimum Gasteiger partial charge on any atom is -0.484 e. The van der Waals surface area contributed by atoms with Gasteiger partial charge in [-0.15, -0.1) is 0 Å². The zero-order valence-electron chi connectivity index (χ0n) is 17.2. The summed E-state index contributed by atoms with van der Waals surface area (Å²) in [5.41, 5.74) is 1.73. The highest BCUT2D eigenvalue weighted by molar-refractivity contribution is 5.89. The van der Waals surface area contributed by atoms with Gasteiger partial charge >= 0.3 is 6.03 Å². The summed E-state index contributed by atoms with van der Waals surface area (Å²) in [6, 6.07) is 13.2. The van der Waals surface area contributed by atoms with Crippen LogP contribution in [0.15, 0.2) is 48.5 Å². The monoisotopic (exact) mass is 413 g/mol. The SMILES string of the molecule is Cc1ccc(OCC(=O)NCCC2CCN(C(=O)Nc3ccc(F)cc3)CC2)cc1. The van der Waals surface area contributed by atoms with Crippen LogP contribution in [-0.4, -0.2) is 43.1 Å². The van der Waals surface area contributed by atoms with Crippen LogP contribution in [0.25, 0.3) is 0 Å². The first-order valence-electron chi connectivity index (χ1n) is 10.3. The number of ether oxygens (including phenoxy) is 1. The highest BCUT2D eigenvalue weighted by Crippen LogP contribution is 2.21. The number of rotatable bonds is 7. The number of urea groups is 1. The van der Waals surface area contributed by atoms with E-state index in [1.54, 1.807) is 17.0 Å². The van der Waals surface area contributed by atoms with Crippen LogP contribution in [0.3, 0.4) is 0 Å². The van der Waals surface area contributed by atoms with Crippen LogP contribution in [0.4, 0.5) is 14.9 Å². The lowest BCUT2D eigenvalue weighted by atomic mass is 9.94. The number of hydrogen-bond acceptors (Lipinski definition) is 3. The molecule has 1 saturated heterocycles. The van der Waals surface area contributed by atoms with Crippen molar-refractivity contribution in [1.29, 1.82) is 0 Å². The van der Waals surface area contributed by atoms with Crippen LogP contribution >= 0.6 is 0 Å². The molecule has 0 unspecified atom stereocenters. The van der Waals surface area contributed by atoms with Gasteiger partial charge in [-0.05, 0) is 68.5 Å². The minimum atomic E-state index is -0.331. The van der Waals surface area contributed by atoms with Gasteiger partial charge in [0.05, 0.1) is 0 Å². The maximum absolute atomic E-state index is 13.0. The number of piperidine rings is 1. The van der Waals surface area contributed by atoms with E-state index in [1.165, 1.54) is 12.1 Å². The molecule has 0 aliphatic carbocycles. The molecule has 3 amide bonds. The van der Waals surface area contributed by atoms with Gasteiger partial charge in [-0.25, -0.2) is 9.18 Å². The van der Waals surface area contributed by atoms with Crippen molar-refractivity contribution < 1.29 is 18.7 Å². The predicted octanol–water partition coefficient (Wildman–Crippen LogP) is 3.96. The molecule has 0 saturated carbocycles. The summed E-state index contributed by atoms with van der Waals surface area (Å²) in [6.45, 7) is 3.94.